The highest BCUT2D eigenvalue weighted by Crippen LogP contribution is 2.20. The normalized spacial score (nSPS) is 11.3. The minimum Gasteiger partial charge on any atom is -0.309 e. The highest BCUT2D eigenvalue weighted by molar-refractivity contribution is 7.99. The summed E-state index contributed by atoms with van der Waals surface area (Å²) in [4.78, 5) is 36.2. The molecule has 0 saturated heterocycles. The molecule has 0 aliphatic carbocycles. The molecule has 1 amide bonds. The summed E-state index contributed by atoms with van der Waals surface area (Å²) in [5.74, 6) is -0.00141. The highest BCUT2D eigenvalue weighted by Gasteiger charge is 2.14. The second-order valence-electron chi connectivity index (χ2n) is 6.66. The maximum Gasteiger partial charge on any atom is 0.262 e. The zero-order chi connectivity index (χ0) is 20.1. The summed E-state index contributed by atoms with van der Waals surface area (Å²) in [7, 11) is 4.00. The van der Waals surface area contributed by atoms with Crippen molar-refractivity contribution in [2.45, 2.75) is 25.0 Å². The Morgan fingerprint density at radius 1 is 1.29 bits per heavy atom. The molecule has 0 saturated carbocycles. The van der Waals surface area contributed by atoms with Crippen molar-refractivity contribution >= 4 is 45.0 Å². The molecule has 0 fully saturated rings. The third-order valence-corrected chi connectivity index (χ3v) is 5.86. The van der Waals surface area contributed by atoms with Crippen LogP contribution in [0.1, 0.15) is 12.1 Å². The van der Waals surface area contributed by atoms with E-state index in [0.29, 0.717) is 27.7 Å². The van der Waals surface area contributed by atoms with Crippen LogP contribution in [0, 0.1) is 6.92 Å². The fraction of sp³-hybridized carbons (Fsp3) is 0.368. The van der Waals surface area contributed by atoms with Gasteiger partial charge in [-0.15, -0.1) is 11.3 Å². The van der Waals surface area contributed by atoms with Crippen molar-refractivity contribution in [3.05, 3.63) is 45.7 Å². The lowest BCUT2D eigenvalue weighted by Gasteiger charge is -2.14. The molecular formula is C19H23N5O2S2. The standard InChI is InChI=1S/C19H23N5O2S2/c1-13-11-27-18(20-13)22-16(25)12-28-19-21-15-8-5-4-7-14(15)17(26)24(19)10-6-9-23(2)3/h4-5,7-8,11H,6,9-10,12H2,1-3H3,(H,20,22,25). The maximum absolute atomic E-state index is 13.0. The van der Waals surface area contributed by atoms with Gasteiger partial charge in [-0.1, -0.05) is 23.9 Å². The second-order valence-corrected chi connectivity index (χ2v) is 8.46. The number of thioether (sulfide) groups is 1. The number of anilines is 1. The lowest BCUT2D eigenvalue weighted by atomic mass is 10.2. The van der Waals surface area contributed by atoms with E-state index in [2.05, 4.69) is 20.2 Å². The van der Waals surface area contributed by atoms with Gasteiger partial charge in [0.05, 0.1) is 22.3 Å². The molecule has 2 aromatic heterocycles. The number of fused-ring (bicyclic) bond motifs is 1. The number of aromatic nitrogens is 3. The molecule has 2 heterocycles. The zero-order valence-corrected chi connectivity index (χ0v) is 17.8. The van der Waals surface area contributed by atoms with Gasteiger partial charge in [0.2, 0.25) is 5.91 Å². The number of rotatable bonds is 8. The summed E-state index contributed by atoms with van der Waals surface area (Å²) >= 11 is 2.67. The number of hydrogen-bond acceptors (Lipinski definition) is 7. The first kappa shape index (κ1) is 20.5. The molecule has 28 heavy (non-hydrogen) atoms. The first-order valence-electron chi connectivity index (χ1n) is 8.93. The van der Waals surface area contributed by atoms with E-state index in [-0.39, 0.29) is 17.2 Å². The van der Waals surface area contributed by atoms with Gasteiger partial charge in [0.15, 0.2) is 10.3 Å². The van der Waals surface area contributed by atoms with E-state index in [4.69, 9.17) is 0 Å². The number of aryl methyl sites for hydroxylation is 1. The van der Waals surface area contributed by atoms with Crippen LogP contribution in [0.15, 0.2) is 39.6 Å². The first-order valence-corrected chi connectivity index (χ1v) is 10.8. The van der Waals surface area contributed by atoms with Crippen LogP contribution in [-0.4, -0.2) is 51.7 Å². The van der Waals surface area contributed by atoms with Crippen molar-refractivity contribution < 1.29 is 4.79 Å². The number of benzene rings is 1. The van der Waals surface area contributed by atoms with Gasteiger partial charge in [-0.05, 0) is 46.1 Å². The van der Waals surface area contributed by atoms with Gasteiger partial charge in [-0.25, -0.2) is 9.97 Å². The number of nitrogens with zero attached hydrogens (tertiary/aromatic N) is 4. The Hall–Kier alpha value is -2.23. The minimum absolute atomic E-state index is 0.0668. The summed E-state index contributed by atoms with van der Waals surface area (Å²) in [6.45, 7) is 3.31. The number of hydrogen-bond donors (Lipinski definition) is 1. The smallest absolute Gasteiger partial charge is 0.262 e. The van der Waals surface area contributed by atoms with Crippen molar-refractivity contribution in [3.63, 3.8) is 0 Å². The average Bonchev–Trinajstić information content (AvgIpc) is 3.06. The number of carbonyl (C=O) groups excluding carboxylic acids is 1. The Morgan fingerprint density at radius 2 is 2.07 bits per heavy atom. The molecule has 7 nitrogen and oxygen atoms in total. The predicted molar refractivity (Wildman–Crippen MR) is 115 cm³/mol. The maximum atomic E-state index is 13.0. The van der Waals surface area contributed by atoms with Gasteiger partial charge in [0.1, 0.15) is 0 Å². The molecule has 0 spiro atoms. The summed E-state index contributed by atoms with van der Waals surface area (Å²) < 4.78 is 1.68. The number of amides is 1. The molecule has 0 radical (unpaired) electrons. The molecular weight excluding hydrogens is 394 g/mol. The predicted octanol–water partition coefficient (Wildman–Crippen LogP) is 2.84. The van der Waals surface area contributed by atoms with Gasteiger partial charge in [-0.2, -0.15) is 0 Å². The fourth-order valence-corrected chi connectivity index (χ4v) is 4.23. The van der Waals surface area contributed by atoms with Crippen LogP contribution in [0.25, 0.3) is 10.9 Å². The Bertz CT molecular complexity index is 1030. The van der Waals surface area contributed by atoms with Crippen LogP contribution < -0.4 is 10.9 Å². The topological polar surface area (TPSA) is 80.1 Å². The second kappa shape index (κ2) is 9.31. The minimum atomic E-state index is -0.165. The molecule has 3 rings (SSSR count). The van der Waals surface area contributed by atoms with Gasteiger partial charge >= 0.3 is 0 Å². The van der Waals surface area contributed by atoms with Crippen molar-refractivity contribution in [1.29, 1.82) is 0 Å². The summed E-state index contributed by atoms with van der Waals surface area (Å²) in [5, 5.41) is 6.41. The van der Waals surface area contributed by atoms with E-state index in [0.717, 1.165) is 18.7 Å². The summed E-state index contributed by atoms with van der Waals surface area (Å²) in [6, 6.07) is 7.31. The molecule has 1 N–H and O–H groups in total. The SMILES string of the molecule is Cc1csc(NC(=O)CSc2nc3ccccc3c(=O)n2CCCN(C)C)n1. The lowest BCUT2D eigenvalue weighted by molar-refractivity contribution is -0.113. The van der Waals surface area contributed by atoms with Gasteiger partial charge in [0.25, 0.3) is 5.56 Å². The van der Waals surface area contributed by atoms with Crippen molar-refractivity contribution in [2.75, 3.05) is 31.7 Å². The van der Waals surface area contributed by atoms with E-state index in [9.17, 15) is 9.59 Å². The number of carbonyl (C=O) groups is 1. The van der Waals surface area contributed by atoms with Crippen LogP contribution in [-0.2, 0) is 11.3 Å². The quantitative estimate of drug-likeness (QED) is 0.448. The van der Waals surface area contributed by atoms with Crippen molar-refractivity contribution in [2.24, 2.45) is 0 Å². The zero-order valence-electron chi connectivity index (χ0n) is 16.1. The number of para-hydroxylation sites is 1. The third-order valence-electron chi connectivity index (χ3n) is 4.01. The molecule has 0 atom stereocenters. The molecule has 0 bridgehead atoms. The van der Waals surface area contributed by atoms with E-state index < -0.39 is 0 Å². The summed E-state index contributed by atoms with van der Waals surface area (Å²) in [6.07, 6.45) is 0.824. The van der Waals surface area contributed by atoms with Gasteiger partial charge in [-0.3, -0.25) is 14.2 Å². The van der Waals surface area contributed by atoms with Crippen LogP contribution in [0.3, 0.4) is 0 Å². The highest BCUT2D eigenvalue weighted by atomic mass is 32.2. The molecule has 0 aliphatic rings. The van der Waals surface area contributed by atoms with E-state index in [1.54, 1.807) is 10.6 Å². The monoisotopic (exact) mass is 417 g/mol. The van der Waals surface area contributed by atoms with E-state index >= 15 is 0 Å². The Labute approximate surface area is 171 Å². The molecule has 3 aromatic rings. The Balaban J connectivity index is 1.79. The average molecular weight is 418 g/mol. The van der Waals surface area contributed by atoms with Crippen molar-refractivity contribution in [3.8, 4) is 0 Å². The fourth-order valence-electron chi connectivity index (χ4n) is 2.70. The third kappa shape index (κ3) is 5.18. The van der Waals surface area contributed by atoms with Crippen LogP contribution in [0.2, 0.25) is 0 Å². The van der Waals surface area contributed by atoms with E-state index in [1.807, 2.05) is 44.6 Å². The molecule has 148 valence electrons. The Kier molecular flexibility index (Phi) is 6.82. The van der Waals surface area contributed by atoms with Crippen LogP contribution >= 0.6 is 23.1 Å². The number of thiazole rings is 1. The van der Waals surface area contributed by atoms with E-state index in [1.165, 1.54) is 23.1 Å². The molecule has 9 heteroatoms. The first-order chi connectivity index (χ1) is 13.4. The molecule has 1 aromatic carbocycles. The molecule has 0 unspecified atom stereocenters. The Morgan fingerprint density at radius 3 is 2.79 bits per heavy atom. The van der Waals surface area contributed by atoms with Crippen LogP contribution in [0.5, 0.6) is 0 Å². The van der Waals surface area contributed by atoms with Gasteiger partial charge < -0.3 is 10.2 Å². The lowest BCUT2D eigenvalue weighted by Crippen LogP contribution is -2.26. The van der Waals surface area contributed by atoms with Crippen molar-refractivity contribution in [1.82, 2.24) is 19.4 Å². The van der Waals surface area contributed by atoms with Gasteiger partial charge in [0, 0.05) is 11.9 Å². The largest absolute Gasteiger partial charge is 0.309 e. The summed E-state index contributed by atoms with van der Waals surface area (Å²) in [5.41, 5.74) is 1.46. The molecule has 0 aliphatic heterocycles. The van der Waals surface area contributed by atoms with Crippen LogP contribution in [0.4, 0.5) is 5.13 Å². The number of nitrogens with one attached hydrogen (secondary N) is 1.